The zero-order chi connectivity index (χ0) is 17.4. The number of benzene rings is 2. The summed E-state index contributed by atoms with van der Waals surface area (Å²) >= 11 is 1.48. The molecule has 0 aliphatic carbocycles. The van der Waals surface area contributed by atoms with Gasteiger partial charge in [-0.05, 0) is 37.1 Å². The van der Waals surface area contributed by atoms with Crippen LogP contribution in [0.5, 0.6) is 0 Å². The normalized spacial score (nSPS) is 11.1. The van der Waals surface area contributed by atoms with Crippen LogP contribution >= 0.6 is 11.3 Å². The molecule has 0 fully saturated rings. The maximum atomic E-state index is 13.0. The number of carbonyl (C=O) groups is 1. The highest BCUT2D eigenvalue weighted by molar-refractivity contribution is 7.22. The van der Waals surface area contributed by atoms with Crippen molar-refractivity contribution in [2.24, 2.45) is 0 Å². The predicted octanol–water partition coefficient (Wildman–Crippen LogP) is 4.97. The van der Waals surface area contributed by atoms with Crippen molar-refractivity contribution in [2.75, 3.05) is 5.32 Å². The Morgan fingerprint density at radius 1 is 1.04 bits per heavy atom. The molecule has 0 saturated heterocycles. The summed E-state index contributed by atoms with van der Waals surface area (Å²) in [6.45, 7) is 4.00. The van der Waals surface area contributed by atoms with Crippen LogP contribution in [0.25, 0.3) is 21.1 Å². The molecule has 0 bridgehead atoms. The molecule has 5 heteroatoms. The zero-order valence-corrected chi connectivity index (χ0v) is 14.9. The maximum Gasteiger partial charge on any atom is 0.259 e. The number of aryl methyl sites for hydroxylation is 2. The van der Waals surface area contributed by atoms with Crippen LogP contribution in [-0.4, -0.2) is 15.9 Å². The van der Waals surface area contributed by atoms with E-state index in [-0.39, 0.29) is 5.91 Å². The van der Waals surface area contributed by atoms with Gasteiger partial charge in [-0.2, -0.15) is 0 Å². The second-order valence-corrected chi connectivity index (χ2v) is 6.90. The Balaban J connectivity index is 1.77. The van der Waals surface area contributed by atoms with Crippen molar-refractivity contribution in [3.63, 3.8) is 0 Å². The summed E-state index contributed by atoms with van der Waals surface area (Å²) in [6, 6.07) is 15.8. The van der Waals surface area contributed by atoms with E-state index in [4.69, 9.17) is 0 Å². The third kappa shape index (κ3) is 2.76. The van der Waals surface area contributed by atoms with E-state index in [0.717, 1.165) is 32.4 Å². The first-order valence-corrected chi connectivity index (χ1v) is 9.04. The number of aromatic nitrogens is 2. The molecule has 4 rings (SSSR count). The molecule has 2 aromatic carbocycles. The van der Waals surface area contributed by atoms with Crippen LogP contribution in [0.2, 0.25) is 0 Å². The van der Waals surface area contributed by atoms with E-state index < -0.39 is 0 Å². The predicted molar refractivity (Wildman–Crippen MR) is 103 cm³/mol. The molecule has 2 heterocycles. The van der Waals surface area contributed by atoms with Crippen LogP contribution in [0.3, 0.4) is 0 Å². The quantitative estimate of drug-likeness (QED) is 0.569. The fourth-order valence-electron chi connectivity index (χ4n) is 3.08. The summed E-state index contributed by atoms with van der Waals surface area (Å²) in [5, 5.41) is 4.58. The van der Waals surface area contributed by atoms with Gasteiger partial charge in [-0.25, -0.2) is 4.98 Å². The zero-order valence-electron chi connectivity index (χ0n) is 14.0. The lowest BCUT2D eigenvalue weighted by atomic mass is 10.00. The number of carbonyl (C=O) groups excluding carboxylic acids is 1. The van der Waals surface area contributed by atoms with Gasteiger partial charge < -0.3 is 0 Å². The van der Waals surface area contributed by atoms with Crippen LogP contribution in [-0.2, 0) is 6.42 Å². The fraction of sp³-hybridized carbons (Fsp3) is 0.150. The average Bonchev–Trinajstić information content (AvgIpc) is 3.03. The average molecular weight is 347 g/mol. The van der Waals surface area contributed by atoms with Crippen molar-refractivity contribution in [2.45, 2.75) is 20.3 Å². The molecule has 0 spiro atoms. The maximum absolute atomic E-state index is 13.0. The highest BCUT2D eigenvalue weighted by atomic mass is 32.1. The highest BCUT2D eigenvalue weighted by Gasteiger charge is 2.19. The minimum absolute atomic E-state index is 0.147. The second kappa shape index (κ2) is 6.26. The summed E-state index contributed by atoms with van der Waals surface area (Å²) in [4.78, 5) is 22.1. The fourth-order valence-corrected chi connectivity index (χ4v) is 3.94. The number of hydrogen-bond acceptors (Lipinski definition) is 4. The van der Waals surface area contributed by atoms with Gasteiger partial charge in [0.15, 0.2) is 5.13 Å². The van der Waals surface area contributed by atoms with Gasteiger partial charge in [0.2, 0.25) is 0 Å². The Morgan fingerprint density at radius 3 is 2.52 bits per heavy atom. The van der Waals surface area contributed by atoms with Crippen LogP contribution in [0, 0.1) is 6.92 Å². The molecular weight excluding hydrogens is 330 g/mol. The largest absolute Gasteiger partial charge is 0.298 e. The minimum atomic E-state index is -0.147. The molecule has 0 aliphatic rings. The van der Waals surface area contributed by atoms with Crippen LogP contribution in [0.4, 0.5) is 5.13 Å². The first-order chi connectivity index (χ1) is 12.2. The van der Waals surface area contributed by atoms with Crippen molar-refractivity contribution in [1.29, 1.82) is 0 Å². The van der Waals surface area contributed by atoms with E-state index in [2.05, 4.69) is 15.3 Å². The van der Waals surface area contributed by atoms with Gasteiger partial charge >= 0.3 is 0 Å². The first kappa shape index (κ1) is 15.7. The number of thiazole rings is 1. The topological polar surface area (TPSA) is 54.9 Å². The standard InChI is InChI=1S/C20H17N3OS/c1-3-14-18(12(2)13-8-4-5-9-15(13)21-14)19(24)23-20-22-16-10-6-7-11-17(16)25-20/h4-11H,3H2,1-2H3,(H,22,23,24). The van der Waals surface area contributed by atoms with Gasteiger partial charge in [-0.3, -0.25) is 15.1 Å². The van der Waals surface area contributed by atoms with Crippen molar-refractivity contribution < 1.29 is 4.79 Å². The lowest BCUT2D eigenvalue weighted by Crippen LogP contribution is -2.17. The minimum Gasteiger partial charge on any atom is -0.298 e. The molecule has 0 unspecified atom stereocenters. The Hall–Kier alpha value is -2.79. The Kier molecular flexibility index (Phi) is 3.93. The Bertz CT molecular complexity index is 1070. The molecule has 4 nitrogen and oxygen atoms in total. The molecule has 2 aromatic heterocycles. The monoisotopic (exact) mass is 347 g/mol. The van der Waals surface area contributed by atoms with Gasteiger partial charge in [-0.15, -0.1) is 0 Å². The van der Waals surface area contributed by atoms with Crippen LogP contribution in [0.15, 0.2) is 48.5 Å². The van der Waals surface area contributed by atoms with E-state index in [1.165, 1.54) is 11.3 Å². The molecule has 25 heavy (non-hydrogen) atoms. The molecule has 0 saturated carbocycles. The third-order valence-corrected chi connectivity index (χ3v) is 5.26. The molecule has 1 N–H and O–H groups in total. The summed E-state index contributed by atoms with van der Waals surface area (Å²) < 4.78 is 1.06. The Labute approximate surface area is 149 Å². The number of para-hydroxylation sites is 2. The number of fused-ring (bicyclic) bond motifs is 2. The van der Waals surface area contributed by atoms with E-state index in [1.54, 1.807) is 0 Å². The molecular formula is C20H17N3OS. The van der Waals surface area contributed by atoms with Crippen LogP contribution in [0.1, 0.15) is 28.5 Å². The van der Waals surface area contributed by atoms with Gasteiger partial charge in [0.25, 0.3) is 5.91 Å². The molecule has 4 aromatic rings. The summed E-state index contributed by atoms with van der Waals surface area (Å²) in [6.07, 6.45) is 0.703. The SMILES string of the molecule is CCc1nc2ccccc2c(C)c1C(=O)Nc1nc2ccccc2s1. The molecule has 0 aliphatic heterocycles. The van der Waals surface area contributed by atoms with Crippen molar-refractivity contribution in [3.8, 4) is 0 Å². The van der Waals surface area contributed by atoms with Crippen molar-refractivity contribution in [3.05, 3.63) is 65.4 Å². The first-order valence-electron chi connectivity index (χ1n) is 8.22. The lowest BCUT2D eigenvalue weighted by molar-refractivity contribution is 0.102. The number of pyridine rings is 1. The smallest absolute Gasteiger partial charge is 0.259 e. The van der Waals surface area contributed by atoms with Gasteiger partial charge in [0, 0.05) is 5.39 Å². The third-order valence-electron chi connectivity index (χ3n) is 4.30. The van der Waals surface area contributed by atoms with E-state index >= 15 is 0 Å². The van der Waals surface area contributed by atoms with Crippen molar-refractivity contribution >= 4 is 43.5 Å². The molecule has 1 amide bonds. The van der Waals surface area contributed by atoms with E-state index in [0.29, 0.717) is 17.1 Å². The summed E-state index contributed by atoms with van der Waals surface area (Å²) in [5.74, 6) is -0.147. The van der Waals surface area contributed by atoms with Gasteiger partial charge in [-0.1, -0.05) is 48.6 Å². The van der Waals surface area contributed by atoms with Gasteiger partial charge in [0.05, 0.1) is 27.0 Å². The summed E-state index contributed by atoms with van der Waals surface area (Å²) in [7, 11) is 0. The Morgan fingerprint density at radius 2 is 1.76 bits per heavy atom. The number of hydrogen-bond donors (Lipinski definition) is 1. The second-order valence-electron chi connectivity index (χ2n) is 5.87. The van der Waals surface area contributed by atoms with Crippen molar-refractivity contribution in [1.82, 2.24) is 9.97 Å². The number of rotatable bonds is 3. The molecule has 0 atom stereocenters. The molecule has 0 radical (unpaired) electrons. The number of nitrogens with one attached hydrogen (secondary N) is 1. The lowest BCUT2D eigenvalue weighted by Gasteiger charge is -2.13. The highest BCUT2D eigenvalue weighted by Crippen LogP contribution is 2.28. The number of amides is 1. The van der Waals surface area contributed by atoms with Gasteiger partial charge in [0.1, 0.15) is 0 Å². The number of nitrogens with zero attached hydrogens (tertiary/aromatic N) is 2. The van der Waals surface area contributed by atoms with Crippen LogP contribution < -0.4 is 5.32 Å². The number of anilines is 1. The summed E-state index contributed by atoms with van der Waals surface area (Å²) in [5.41, 5.74) is 4.25. The van der Waals surface area contributed by atoms with E-state index in [9.17, 15) is 4.79 Å². The van der Waals surface area contributed by atoms with E-state index in [1.807, 2.05) is 62.4 Å². The molecule has 124 valence electrons.